The van der Waals surface area contributed by atoms with Gasteiger partial charge in [-0.3, -0.25) is 4.79 Å². The molecule has 2 aliphatic heterocycles. The van der Waals surface area contributed by atoms with Crippen LogP contribution in [-0.2, 0) is 22.6 Å². The van der Waals surface area contributed by atoms with Gasteiger partial charge in [-0.15, -0.1) is 0 Å². The molecule has 8 nitrogen and oxygen atoms in total. The first-order valence-electron chi connectivity index (χ1n) is 8.92. The van der Waals surface area contributed by atoms with E-state index in [9.17, 15) is 24.9 Å². The molecule has 1 amide bonds. The lowest BCUT2D eigenvalue weighted by Gasteiger charge is -2.46. The summed E-state index contributed by atoms with van der Waals surface area (Å²) in [6.07, 6.45) is 3.50. The van der Waals surface area contributed by atoms with Crippen LogP contribution in [0.1, 0.15) is 19.7 Å². The molecule has 1 fully saturated rings. The van der Waals surface area contributed by atoms with Crippen molar-refractivity contribution in [3.8, 4) is 0 Å². The Morgan fingerprint density at radius 2 is 2.19 bits per heavy atom. The number of hydrogen-bond donors (Lipinski definition) is 3. The lowest BCUT2D eigenvalue weighted by Crippen LogP contribution is -2.63. The highest BCUT2D eigenvalue weighted by atomic mass is 32.1. The zero-order chi connectivity index (χ0) is 19.5. The number of carbonyl (C=O) groups is 2. The van der Waals surface area contributed by atoms with E-state index in [1.54, 1.807) is 18.3 Å². The van der Waals surface area contributed by atoms with Gasteiger partial charge in [-0.2, -0.15) is 4.40 Å². The molecule has 4 rings (SSSR count). The highest BCUT2D eigenvalue weighted by Crippen LogP contribution is 2.47. The largest absolute Gasteiger partial charge is 0.477 e. The molecule has 0 aromatic carbocycles. The second kappa shape index (κ2) is 6.43. The molecule has 0 radical (unpaired) electrons. The van der Waals surface area contributed by atoms with Gasteiger partial charge in [0.1, 0.15) is 24.6 Å². The fourth-order valence-electron chi connectivity index (χ4n) is 4.48. The van der Waals surface area contributed by atoms with E-state index in [1.807, 2.05) is 33.7 Å². The zero-order valence-corrected chi connectivity index (χ0v) is 15.9. The number of carbonyl (C=O) groups excluding carboxylic acids is 1. The lowest BCUT2D eigenvalue weighted by atomic mass is 9.78. The monoisotopic (exact) mass is 392 g/mol. The van der Waals surface area contributed by atoms with Gasteiger partial charge in [0.05, 0.1) is 31.1 Å². The Bertz CT molecular complexity index is 960. The van der Waals surface area contributed by atoms with Crippen molar-refractivity contribution in [2.24, 2.45) is 11.8 Å². The maximum Gasteiger partial charge on any atom is 0.352 e. The number of fused-ring (bicyclic) bond motifs is 2. The van der Waals surface area contributed by atoms with Gasteiger partial charge in [0, 0.05) is 16.9 Å². The van der Waals surface area contributed by atoms with Crippen LogP contribution in [0.4, 0.5) is 0 Å². The number of imidazole rings is 1. The van der Waals surface area contributed by atoms with E-state index in [0.717, 1.165) is 10.7 Å². The molecule has 2 aromatic heterocycles. The molecule has 0 unspecified atom stereocenters. The van der Waals surface area contributed by atoms with Gasteiger partial charge in [0.2, 0.25) is 10.7 Å². The quantitative estimate of drug-likeness (QED) is 0.475. The SMILES string of the molecule is C[C@@H](O)[C@H]1C(=O)N2C(C(=O)O)=C(C[n+]3cc4sccn4c3CCO)[C@H](C)[C@H]12. The third kappa shape index (κ3) is 2.53. The molecule has 0 aliphatic carbocycles. The first kappa shape index (κ1) is 18.1. The van der Waals surface area contributed by atoms with Gasteiger partial charge in [-0.25, -0.2) is 9.36 Å². The normalized spacial score (nSPS) is 25.9. The minimum Gasteiger partial charge on any atom is -0.477 e. The number of rotatable bonds is 6. The topological polar surface area (TPSA) is 106 Å². The van der Waals surface area contributed by atoms with E-state index in [4.69, 9.17) is 0 Å². The molecule has 0 saturated carbocycles. The van der Waals surface area contributed by atoms with Crippen molar-refractivity contribution in [1.29, 1.82) is 0 Å². The Kier molecular flexibility index (Phi) is 4.32. The predicted molar refractivity (Wildman–Crippen MR) is 95.9 cm³/mol. The van der Waals surface area contributed by atoms with E-state index in [2.05, 4.69) is 0 Å². The molecule has 0 bridgehead atoms. The minimum atomic E-state index is -1.12. The number of carboxylic acid groups (broad SMARTS) is 1. The Morgan fingerprint density at radius 1 is 1.44 bits per heavy atom. The molecule has 3 N–H and O–H groups in total. The van der Waals surface area contributed by atoms with Crippen LogP contribution >= 0.6 is 11.3 Å². The van der Waals surface area contributed by atoms with Gasteiger partial charge >= 0.3 is 5.97 Å². The summed E-state index contributed by atoms with van der Waals surface area (Å²) < 4.78 is 3.94. The maximum absolute atomic E-state index is 12.4. The Balaban J connectivity index is 1.75. The number of aliphatic hydroxyl groups is 2. The summed E-state index contributed by atoms with van der Waals surface area (Å²) in [5, 5.41) is 31.1. The van der Waals surface area contributed by atoms with Crippen LogP contribution in [0.3, 0.4) is 0 Å². The zero-order valence-electron chi connectivity index (χ0n) is 15.1. The van der Waals surface area contributed by atoms with E-state index in [1.165, 1.54) is 4.90 Å². The van der Waals surface area contributed by atoms with Crippen LogP contribution < -0.4 is 4.57 Å². The van der Waals surface area contributed by atoms with Gasteiger partial charge in [0.15, 0.2) is 0 Å². The second-order valence-corrected chi connectivity index (χ2v) is 8.12. The van der Waals surface area contributed by atoms with Gasteiger partial charge < -0.3 is 20.2 Å². The van der Waals surface area contributed by atoms with Crippen molar-refractivity contribution in [1.82, 2.24) is 9.30 Å². The van der Waals surface area contributed by atoms with Gasteiger partial charge in [0.25, 0.3) is 5.82 Å². The number of nitrogens with zero attached hydrogens (tertiary/aromatic N) is 3. The molecule has 9 heteroatoms. The van der Waals surface area contributed by atoms with E-state index < -0.39 is 18.0 Å². The summed E-state index contributed by atoms with van der Waals surface area (Å²) in [4.78, 5) is 26.7. The van der Waals surface area contributed by atoms with Crippen molar-refractivity contribution in [2.75, 3.05) is 6.61 Å². The van der Waals surface area contributed by atoms with Crippen molar-refractivity contribution in [2.45, 2.75) is 39.0 Å². The number of aliphatic hydroxyl groups excluding tert-OH is 2. The molecule has 27 heavy (non-hydrogen) atoms. The molecular formula is C18H22N3O5S+. The number of hydrogen-bond acceptors (Lipinski definition) is 5. The minimum absolute atomic E-state index is 0.0142. The van der Waals surface area contributed by atoms with Gasteiger partial charge in [-0.05, 0) is 6.92 Å². The summed E-state index contributed by atoms with van der Waals surface area (Å²) in [7, 11) is 0. The summed E-state index contributed by atoms with van der Waals surface area (Å²) in [6, 6.07) is -0.316. The van der Waals surface area contributed by atoms with Crippen molar-refractivity contribution in [3.05, 3.63) is 34.9 Å². The Hall–Kier alpha value is -2.23. The fourth-order valence-corrected chi connectivity index (χ4v) is 5.27. The molecule has 0 spiro atoms. The molecule has 4 heterocycles. The number of β-lactam (4-membered cyclic amide) rings is 1. The summed E-state index contributed by atoms with van der Waals surface area (Å²) in [6.45, 7) is 3.80. The third-order valence-corrected chi connectivity index (χ3v) is 6.51. The van der Waals surface area contributed by atoms with Gasteiger partial charge in [-0.1, -0.05) is 18.3 Å². The van der Waals surface area contributed by atoms with E-state index in [-0.39, 0.29) is 30.2 Å². The lowest BCUT2D eigenvalue weighted by molar-refractivity contribution is -0.695. The van der Waals surface area contributed by atoms with Crippen LogP contribution in [0.25, 0.3) is 4.83 Å². The molecule has 144 valence electrons. The van der Waals surface area contributed by atoms with Crippen LogP contribution in [0.5, 0.6) is 0 Å². The Morgan fingerprint density at radius 3 is 2.81 bits per heavy atom. The summed E-state index contributed by atoms with van der Waals surface area (Å²) in [5.41, 5.74) is 0.706. The number of thiazole rings is 1. The van der Waals surface area contributed by atoms with Crippen LogP contribution in [-0.4, -0.2) is 55.2 Å². The number of aromatic nitrogens is 2. The van der Waals surface area contributed by atoms with Crippen molar-refractivity contribution in [3.63, 3.8) is 0 Å². The average molecular weight is 392 g/mol. The van der Waals surface area contributed by atoms with Crippen LogP contribution in [0.15, 0.2) is 29.0 Å². The highest BCUT2D eigenvalue weighted by Gasteiger charge is 2.60. The number of amides is 1. The standard InChI is InChI=1S/C18H21N3O5S/c1-9-11(7-19-8-13-20(4-6-27-13)12(19)3-5-22)16(18(25)26)21-15(9)14(10(2)23)17(21)24/h4,6,8-10,14-15,22-23H,3,5,7H2,1-2H3/p+1/t9-,10+,14+,15+/m0/s1. The average Bonchev–Trinajstić information content (AvgIpc) is 3.22. The van der Waals surface area contributed by atoms with Crippen LogP contribution in [0, 0.1) is 11.8 Å². The first-order chi connectivity index (χ1) is 12.9. The summed E-state index contributed by atoms with van der Waals surface area (Å²) >= 11 is 1.56. The summed E-state index contributed by atoms with van der Waals surface area (Å²) in [5.74, 6) is -1.30. The molecule has 2 aliphatic rings. The third-order valence-electron chi connectivity index (χ3n) is 5.71. The molecule has 2 aromatic rings. The maximum atomic E-state index is 12.4. The van der Waals surface area contributed by atoms with Crippen molar-refractivity contribution >= 4 is 28.0 Å². The molecular weight excluding hydrogens is 370 g/mol. The predicted octanol–water partition coefficient (Wildman–Crippen LogP) is 0.0193. The smallest absolute Gasteiger partial charge is 0.352 e. The van der Waals surface area contributed by atoms with Crippen molar-refractivity contribution < 1.29 is 29.5 Å². The molecule has 4 atom stereocenters. The second-order valence-electron chi connectivity index (χ2n) is 7.19. The Labute approximate surface area is 159 Å². The van der Waals surface area contributed by atoms with E-state index >= 15 is 0 Å². The fraction of sp³-hybridized carbons (Fsp3) is 0.500. The molecule has 1 saturated heterocycles. The first-order valence-corrected chi connectivity index (χ1v) is 9.80. The van der Waals surface area contributed by atoms with Crippen LogP contribution in [0.2, 0.25) is 0 Å². The highest BCUT2D eigenvalue weighted by molar-refractivity contribution is 7.15. The number of carboxylic acids is 1. The number of aliphatic carboxylic acids is 1. The van der Waals surface area contributed by atoms with E-state index in [0.29, 0.717) is 18.5 Å².